The highest BCUT2D eigenvalue weighted by atomic mass is 16.4. The van der Waals surface area contributed by atoms with Crippen LogP contribution in [0.2, 0.25) is 0 Å². The third-order valence-electron chi connectivity index (χ3n) is 2.35. The normalized spacial score (nSPS) is 22.4. The Morgan fingerprint density at radius 2 is 2.38 bits per heavy atom. The van der Waals surface area contributed by atoms with Gasteiger partial charge < -0.3 is 10.0 Å². The molecule has 1 unspecified atom stereocenters. The Labute approximate surface area is 77.5 Å². The summed E-state index contributed by atoms with van der Waals surface area (Å²) in [6.45, 7) is 3.16. The minimum atomic E-state index is -0.854. The maximum atomic E-state index is 11.3. The number of likely N-dealkylation sites (tertiary alicyclic amines) is 1. The summed E-state index contributed by atoms with van der Waals surface area (Å²) in [4.78, 5) is 23.5. The van der Waals surface area contributed by atoms with E-state index in [4.69, 9.17) is 5.11 Å². The molecule has 1 N–H and O–H groups in total. The van der Waals surface area contributed by atoms with Crippen LogP contribution in [0.25, 0.3) is 0 Å². The second-order valence-corrected chi connectivity index (χ2v) is 3.43. The van der Waals surface area contributed by atoms with Gasteiger partial charge in [0.15, 0.2) is 0 Å². The number of aliphatic carboxylic acids is 1. The summed E-state index contributed by atoms with van der Waals surface area (Å²) >= 11 is 0. The predicted molar refractivity (Wildman–Crippen MR) is 47.2 cm³/mol. The van der Waals surface area contributed by atoms with E-state index >= 15 is 0 Å². The zero-order valence-electron chi connectivity index (χ0n) is 7.82. The predicted octanol–water partition coefficient (Wildman–Crippen LogP) is 0.720. The fraction of sp³-hybridized carbons (Fsp3) is 0.778. The van der Waals surface area contributed by atoms with E-state index in [0.717, 1.165) is 12.8 Å². The number of carboxylic acid groups (broad SMARTS) is 1. The lowest BCUT2D eigenvalue weighted by molar-refractivity contribution is -0.141. The van der Waals surface area contributed by atoms with Crippen molar-refractivity contribution < 1.29 is 14.7 Å². The van der Waals surface area contributed by atoms with Gasteiger partial charge in [0.2, 0.25) is 5.91 Å². The molecule has 13 heavy (non-hydrogen) atoms. The molecule has 1 saturated heterocycles. The van der Waals surface area contributed by atoms with Gasteiger partial charge in [-0.2, -0.15) is 0 Å². The third kappa shape index (κ3) is 2.44. The Hall–Kier alpha value is -1.06. The number of rotatable bonds is 4. The SMILES string of the molecule is CCCCN1CC(C(=O)O)CC1=O. The van der Waals surface area contributed by atoms with Crippen molar-refractivity contribution in [2.24, 2.45) is 5.92 Å². The van der Waals surface area contributed by atoms with Crippen LogP contribution in [0.1, 0.15) is 26.2 Å². The number of carboxylic acids is 1. The lowest BCUT2D eigenvalue weighted by Crippen LogP contribution is -2.27. The van der Waals surface area contributed by atoms with Crippen LogP contribution in [0, 0.1) is 5.92 Å². The zero-order valence-corrected chi connectivity index (χ0v) is 7.82. The monoisotopic (exact) mass is 185 g/mol. The first-order chi connectivity index (χ1) is 6.15. The highest BCUT2D eigenvalue weighted by Crippen LogP contribution is 2.18. The van der Waals surface area contributed by atoms with E-state index in [1.54, 1.807) is 4.90 Å². The number of nitrogens with zero attached hydrogens (tertiary/aromatic N) is 1. The number of hydrogen-bond donors (Lipinski definition) is 1. The molecule has 0 aromatic carbocycles. The minimum absolute atomic E-state index is 0.0131. The topological polar surface area (TPSA) is 57.6 Å². The molecule has 0 saturated carbocycles. The molecule has 0 spiro atoms. The molecule has 0 bridgehead atoms. The highest BCUT2D eigenvalue weighted by Gasteiger charge is 2.33. The van der Waals surface area contributed by atoms with E-state index in [1.165, 1.54) is 0 Å². The van der Waals surface area contributed by atoms with E-state index < -0.39 is 11.9 Å². The molecule has 1 rings (SSSR count). The largest absolute Gasteiger partial charge is 0.481 e. The maximum Gasteiger partial charge on any atom is 0.308 e. The van der Waals surface area contributed by atoms with E-state index in [0.29, 0.717) is 13.1 Å². The van der Waals surface area contributed by atoms with Gasteiger partial charge in [-0.15, -0.1) is 0 Å². The molecule has 0 aliphatic carbocycles. The number of carbonyl (C=O) groups is 2. The van der Waals surface area contributed by atoms with E-state index in [-0.39, 0.29) is 12.3 Å². The number of amides is 1. The van der Waals surface area contributed by atoms with Gasteiger partial charge in [0.25, 0.3) is 0 Å². The molecule has 4 heteroatoms. The molecule has 1 aliphatic rings. The fourth-order valence-electron chi connectivity index (χ4n) is 1.50. The summed E-state index contributed by atoms with van der Waals surface area (Å²) in [5, 5.41) is 8.70. The summed E-state index contributed by atoms with van der Waals surface area (Å²) in [5.41, 5.74) is 0. The molecular formula is C9H15NO3. The van der Waals surface area contributed by atoms with Gasteiger partial charge in [-0.25, -0.2) is 0 Å². The first kappa shape index (κ1) is 10.0. The minimum Gasteiger partial charge on any atom is -0.481 e. The van der Waals surface area contributed by atoms with Crippen LogP contribution in [-0.2, 0) is 9.59 Å². The highest BCUT2D eigenvalue weighted by molar-refractivity contribution is 5.86. The van der Waals surface area contributed by atoms with Gasteiger partial charge in [-0.05, 0) is 6.42 Å². The summed E-state index contributed by atoms with van der Waals surface area (Å²) in [5.74, 6) is -1.35. The lowest BCUT2D eigenvalue weighted by Gasteiger charge is -2.14. The molecule has 4 nitrogen and oxygen atoms in total. The average molecular weight is 185 g/mol. The Morgan fingerprint density at radius 1 is 1.69 bits per heavy atom. The van der Waals surface area contributed by atoms with Gasteiger partial charge in [-0.1, -0.05) is 13.3 Å². The van der Waals surface area contributed by atoms with Crippen molar-refractivity contribution in [3.05, 3.63) is 0 Å². The zero-order chi connectivity index (χ0) is 9.84. The van der Waals surface area contributed by atoms with Gasteiger partial charge in [-0.3, -0.25) is 9.59 Å². The molecule has 0 radical (unpaired) electrons. The third-order valence-corrected chi connectivity index (χ3v) is 2.35. The molecule has 0 aromatic heterocycles. The maximum absolute atomic E-state index is 11.3. The molecule has 1 fully saturated rings. The van der Waals surface area contributed by atoms with Gasteiger partial charge in [0.05, 0.1) is 5.92 Å². The van der Waals surface area contributed by atoms with Crippen LogP contribution in [0.3, 0.4) is 0 Å². The van der Waals surface area contributed by atoms with Gasteiger partial charge in [0.1, 0.15) is 0 Å². The molecule has 1 heterocycles. The van der Waals surface area contributed by atoms with Crippen molar-refractivity contribution in [2.75, 3.05) is 13.1 Å². The van der Waals surface area contributed by atoms with Crippen LogP contribution in [-0.4, -0.2) is 35.0 Å². The van der Waals surface area contributed by atoms with Crippen LogP contribution < -0.4 is 0 Å². The number of unbranched alkanes of at least 4 members (excludes halogenated alkanes) is 1. The van der Waals surface area contributed by atoms with Crippen molar-refractivity contribution in [3.8, 4) is 0 Å². The summed E-state index contributed by atoms with van der Waals surface area (Å²) < 4.78 is 0. The first-order valence-corrected chi connectivity index (χ1v) is 4.65. The molecule has 74 valence electrons. The van der Waals surface area contributed by atoms with Crippen LogP contribution in [0.4, 0.5) is 0 Å². The molecule has 1 aliphatic heterocycles. The Bertz CT molecular complexity index is 215. The summed E-state index contributed by atoms with van der Waals surface area (Å²) in [6, 6.07) is 0. The standard InChI is InChI=1S/C9H15NO3/c1-2-3-4-10-6-7(9(12)13)5-8(10)11/h7H,2-6H2,1H3,(H,12,13). The van der Waals surface area contributed by atoms with Crippen LogP contribution in [0.15, 0.2) is 0 Å². The van der Waals surface area contributed by atoms with Crippen molar-refractivity contribution >= 4 is 11.9 Å². The molecule has 0 aromatic rings. The fourth-order valence-corrected chi connectivity index (χ4v) is 1.50. The lowest BCUT2D eigenvalue weighted by atomic mass is 10.1. The molecular weight excluding hydrogens is 170 g/mol. The Morgan fingerprint density at radius 3 is 2.85 bits per heavy atom. The molecule has 1 amide bonds. The average Bonchev–Trinajstić information content (AvgIpc) is 2.44. The smallest absolute Gasteiger partial charge is 0.308 e. The summed E-state index contributed by atoms with van der Waals surface area (Å²) in [7, 11) is 0. The van der Waals surface area contributed by atoms with Gasteiger partial charge >= 0.3 is 5.97 Å². The van der Waals surface area contributed by atoms with E-state index in [2.05, 4.69) is 6.92 Å². The van der Waals surface area contributed by atoms with E-state index in [9.17, 15) is 9.59 Å². The van der Waals surface area contributed by atoms with Crippen LogP contribution >= 0.6 is 0 Å². The number of hydrogen-bond acceptors (Lipinski definition) is 2. The Kier molecular flexibility index (Phi) is 3.28. The second-order valence-electron chi connectivity index (χ2n) is 3.43. The van der Waals surface area contributed by atoms with E-state index in [1.807, 2.05) is 0 Å². The van der Waals surface area contributed by atoms with Gasteiger partial charge in [0, 0.05) is 19.5 Å². The van der Waals surface area contributed by atoms with Crippen molar-refractivity contribution in [1.29, 1.82) is 0 Å². The quantitative estimate of drug-likeness (QED) is 0.702. The molecule has 1 atom stereocenters. The number of carbonyl (C=O) groups excluding carboxylic acids is 1. The van der Waals surface area contributed by atoms with Crippen molar-refractivity contribution in [1.82, 2.24) is 4.90 Å². The van der Waals surface area contributed by atoms with Crippen molar-refractivity contribution in [3.63, 3.8) is 0 Å². The Balaban J connectivity index is 2.42. The van der Waals surface area contributed by atoms with Crippen molar-refractivity contribution in [2.45, 2.75) is 26.2 Å². The second kappa shape index (κ2) is 4.25. The summed E-state index contributed by atoms with van der Waals surface area (Å²) in [6.07, 6.45) is 2.17. The van der Waals surface area contributed by atoms with Crippen LogP contribution in [0.5, 0.6) is 0 Å². The first-order valence-electron chi connectivity index (χ1n) is 4.65.